The molecule has 3 amide bonds. The number of nitrogens with one attached hydrogen (secondary N) is 2. The summed E-state index contributed by atoms with van der Waals surface area (Å²) < 4.78 is 4.90. The highest BCUT2D eigenvalue weighted by molar-refractivity contribution is 5.94. The molecule has 2 heterocycles. The van der Waals surface area contributed by atoms with Gasteiger partial charge in [-0.1, -0.05) is 0 Å². The van der Waals surface area contributed by atoms with Gasteiger partial charge >= 0.3 is 6.03 Å². The normalized spacial score (nSPS) is 15.4. The van der Waals surface area contributed by atoms with Crippen molar-refractivity contribution >= 4 is 11.9 Å². The lowest BCUT2D eigenvalue weighted by Gasteiger charge is -2.32. The van der Waals surface area contributed by atoms with Gasteiger partial charge in [-0.05, 0) is 25.0 Å². The number of hydrogen-bond acceptors (Lipinski definition) is 4. The molecule has 2 rings (SSSR count). The molecule has 1 aromatic heterocycles. The van der Waals surface area contributed by atoms with Gasteiger partial charge in [0.2, 0.25) is 0 Å². The minimum Gasteiger partial charge on any atom is -0.383 e. The molecule has 0 spiro atoms. The van der Waals surface area contributed by atoms with Gasteiger partial charge in [-0.3, -0.25) is 9.78 Å². The van der Waals surface area contributed by atoms with Crippen molar-refractivity contribution in [2.24, 2.45) is 0 Å². The van der Waals surface area contributed by atoms with Crippen LogP contribution in [0.5, 0.6) is 0 Å². The van der Waals surface area contributed by atoms with E-state index in [4.69, 9.17) is 4.74 Å². The number of likely N-dealkylation sites (tertiary alicyclic amines) is 1. The highest BCUT2D eigenvalue weighted by Crippen LogP contribution is 2.11. The second kappa shape index (κ2) is 8.33. The molecule has 2 N–H and O–H groups in total. The predicted molar refractivity (Wildman–Crippen MR) is 81.6 cm³/mol. The van der Waals surface area contributed by atoms with Crippen molar-refractivity contribution in [1.82, 2.24) is 20.5 Å². The number of carbonyl (C=O) groups excluding carboxylic acids is 2. The maximum atomic E-state index is 12.0. The first-order valence-corrected chi connectivity index (χ1v) is 7.43. The minimum absolute atomic E-state index is 0.0749. The fraction of sp³-hybridized carbons (Fsp3) is 0.533. The number of pyridine rings is 1. The van der Waals surface area contributed by atoms with Crippen molar-refractivity contribution in [2.45, 2.75) is 18.9 Å². The molecule has 0 atom stereocenters. The molecular formula is C15H22N4O3. The number of carbonyl (C=O) groups is 2. The van der Waals surface area contributed by atoms with E-state index in [1.165, 1.54) is 0 Å². The van der Waals surface area contributed by atoms with Crippen LogP contribution in [0.3, 0.4) is 0 Å². The zero-order valence-corrected chi connectivity index (χ0v) is 12.7. The second-order valence-electron chi connectivity index (χ2n) is 5.20. The molecule has 0 saturated carbocycles. The van der Waals surface area contributed by atoms with E-state index in [2.05, 4.69) is 15.6 Å². The molecule has 1 aliphatic rings. The van der Waals surface area contributed by atoms with Gasteiger partial charge in [0.25, 0.3) is 5.91 Å². The summed E-state index contributed by atoms with van der Waals surface area (Å²) in [6.07, 6.45) is 4.69. The van der Waals surface area contributed by atoms with Gasteiger partial charge in [-0.25, -0.2) is 4.79 Å². The Bertz CT molecular complexity index is 487. The highest BCUT2D eigenvalue weighted by Gasteiger charge is 2.23. The number of rotatable bonds is 5. The van der Waals surface area contributed by atoms with Gasteiger partial charge < -0.3 is 20.3 Å². The van der Waals surface area contributed by atoms with E-state index in [0.29, 0.717) is 31.8 Å². The average molecular weight is 306 g/mol. The third-order valence-corrected chi connectivity index (χ3v) is 3.62. The number of nitrogens with zero attached hydrogens (tertiary/aromatic N) is 2. The molecule has 0 radical (unpaired) electrons. The molecule has 1 aromatic rings. The minimum atomic E-state index is -0.115. The van der Waals surface area contributed by atoms with E-state index in [1.807, 2.05) is 0 Å². The van der Waals surface area contributed by atoms with Crippen LogP contribution in [0.1, 0.15) is 23.2 Å². The number of methoxy groups -OCH3 is 1. The summed E-state index contributed by atoms with van der Waals surface area (Å²) in [5.74, 6) is -0.115. The molecule has 7 heteroatoms. The number of urea groups is 1. The van der Waals surface area contributed by atoms with E-state index in [-0.39, 0.29) is 18.0 Å². The molecule has 0 unspecified atom stereocenters. The van der Waals surface area contributed by atoms with Gasteiger partial charge in [0.15, 0.2) is 0 Å². The monoisotopic (exact) mass is 306 g/mol. The van der Waals surface area contributed by atoms with Gasteiger partial charge in [0.1, 0.15) is 0 Å². The number of aromatic nitrogens is 1. The summed E-state index contributed by atoms with van der Waals surface area (Å²) in [5, 5.41) is 5.79. The van der Waals surface area contributed by atoms with E-state index in [0.717, 1.165) is 12.8 Å². The zero-order valence-electron chi connectivity index (χ0n) is 12.7. The van der Waals surface area contributed by atoms with E-state index in [1.54, 1.807) is 36.5 Å². The number of piperidine rings is 1. The molecule has 22 heavy (non-hydrogen) atoms. The van der Waals surface area contributed by atoms with Crippen molar-refractivity contribution in [3.63, 3.8) is 0 Å². The first-order chi connectivity index (χ1) is 10.7. The lowest BCUT2D eigenvalue weighted by Crippen LogP contribution is -2.49. The fourth-order valence-corrected chi connectivity index (χ4v) is 2.36. The van der Waals surface area contributed by atoms with E-state index >= 15 is 0 Å². The maximum absolute atomic E-state index is 12.0. The summed E-state index contributed by atoms with van der Waals surface area (Å²) in [5.41, 5.74) is 0.558. The molecule has 1 aliphatic heterocycles. The largest absolute Gasteiger partial charge is 0.383 e. The van der Waals surface area contributed by atoms with Crippen molar-refractivity contribution in [3.05, 3.63) is 30.1 Å². The number of amides is 3. The second-order valence-corrected chi connectivity index (χ2v) is 5.20. The highest BCUT2D eigenvalue weighted by atomic mass is 16.5. The Morgan fingerprint density at radius 2 is 2.18 bits per heavy atom. The summed E-state index contributed by atoms with van der Waals surface area (Å²) >= 11 is 0. The first-order valence-electron chi connectivity index (χ1n) is 7.43. The van der Waals surface area contributed by atoms with Crippen LogP contribution in [0, 0.1) is 0 Å². The Balaban J connectivity index is 1.73. The molecular weight excluding hydrogens is 284 g/mol. The van der Waals surface area contributed by atoms with Crippen molar-refractivity contribution < 1.29 is 14.3 Å². The van der Waals surface area contributed by atoms with Crippen LogP contribution in [0.2, 0.25) is 0 Å². The Hall–Kier alpha value is -2.15. The van der Waals surface area contributed by atoms with Crippen LogP contribution in [0.25, 0.3) is 0 Å². The molecule has 120 valence electrons. The Labute approximate surface area is 130 Å². The lowest BCUT2D eigenvalue weighted by atomic mass is 10.0. The van der Waals surface area contributed by atoms with Gasteiger partial charge in [0.05, 0.1) is 12.2 Å². The standard InChI is InChI=1S/C15H22N4O3/c1-22-10-7-17-15(21)19-8-4-13(5-9-19)18-14(20)12-3-2-6-16-11-12/h2-3,6,11,13H,4-5,7-10H2,1H3,(H,17,21)(H,18,20). The Kier molecular flexibility index (Phi) is 6.14. The molecule has 1 fully saturated rings. The molecule has 1 saturated heterocycles. The summed E-state index contributed by atoms with van der Waals surface area (Å²) in [6, 6.07) is 3.49. The van der Waals surface area contributed by atoms with Crippen LogP contribution in [-0.4, -0.2) is 61.2 Å². The van der Waals surface area contributed by atoms with Gasteiger partial charge in [-0.2, -0.15) is 0 Å². The van der Waals surface area contributed by atoms with Crippen molar-refractivity contribution in [1.29, 1.82) is 0 Å². The van der Waals surface area contributed by atoms with Crippen molar-refractivity contribution in [3.8, 4) is 0 Å². The third-order valence-electron chi connectivity index (χ3n) is 3.62. The predicted octanol–water partition coefficient (Wildman–Crippen LogP) is 0.632. The zero-order chi connectivity index (χ0) is 15.8. The Morgan fingerprint density at radius 1 is 1.41 bits per heavy atom. The third kappa shape index (κ3) is 4.70. The fourth-order valence-electron chi connectivity index (χ4n) is 2.36. The van der Waals surface area contributed by atoms with Crippen LogP contribution in [0.15, 0.2) is 24.5 Å². The summed E-state index contributed by atoms with van der Waals surface area (Å²) in [6.45, 7) is 2.28. The lowest BCUT2D eigenvalue weighted by molar-refractivity contribution is 0.0917. The summed E-state index contributed by atoms with van der Waals surface area (Å²) in [4.78, 5) is 29.6. The van der Waals surface area contributed by atoms with Crippen LogP contribution < -0.4 is 10.6 Å². The number of hydrogen-bond donors (Lipinski definition) is 2. The van der Waals surface area contributed by atoms with Crippen LogP contribution in [0.4, 0.5) is 4.79 Å². The van der Waals surface area contributed by atoms with Gasteiger partial charge in [-0.15, -0.1) is 0 Å². The summed E-state index contributed by atoms with van der Waals surface area (Å²) in [7, 11) is 1.60. The molecule has 0 aliphatic carbocycles. The Morgan fingerprint density at radius 3 is 2.82 bits per heavy atom. The quantitative estimate of drug-likeness (QED) is 0.782. The first kappa shape index (κ1) is 16.2. The molecule has 0 bridgehead atoms. The van der Waals surface area contributed by atoms with Crippen LogP contribution >= 0.6 is 0 Å². The van der Waals surface area contributed by atoms with Crippen molar-refractivity contribution in [2.75, 3.05) is 33.4 Å². The smallest absolute Gasteiger partial charge is 0.317 e. The van der Waals surface area contributed by atoms with Crippen LogP contribution in [-0.2, 0) is 4.74 Å². The van der Waals surface area contributed by atoms with Gasteiger partial charge in [0, 0.05) is 45.2 Å². The SMILES string of the molecule is COCCNC(=O)N1CCC(NC(=O)c2cccnc2)CC1. The molecule has 7 nitrogen and oxygen atoms in total. The van der Waals surface area contributed by atoms with E-state index < -0.39 is 0 Å². The maximum Gasteiger partial charge on any atom is 0.317 e. The van der Waals surface area contributed by atoms with E-state index in [9.17, 15) is 9.59 Å². The number of ether oxygens (including phenoxy) is 1. The average Bonchev–Trinajstić information content (AvgIpc) is 2.56. The topological polar surface area (TPSA) is 83.6 Å². The molecule has 0 aromatic carbocycles.